The molecule has 90 valence electrons. The van der Waals surface area contributed by atoms with E-state index in [-0.39, 0.29) is 16.7 Å². The molecule has 0 bridgehead atoms. The van der Waals surface area contributed by atoms with E-state index in [4.69, 9.17) is 5.11 Å². The van der Waals surface area contributed by atoms with Gasteiger partial charge in [0, 0.05) is 11.8 Å². The van der Waals surface area contributed by atoms with E-state index in [9.17, 15) is 8.42 Å². The third kappa shape index (κ3) is 3.70. The Hall–Kier alpha value is -0.720. The molecular weight excluding hydrogens is 246 g/mol. The monoisotopic (exact) mass is 261 g/mol. The Labute approximate surface area is 100 Å². The lowest BCUT2D eigenvalue weighted by Crippen LogP contribution is -2.34. The van der Waals surface area contributed by atoms with Crippen LogP contribution in [0.2, 0.25) is 0 Å². The van der Waals surface area contributed by atoms with Gasteiger partial charge in [0.2, 0.25) is 10.0 Å². The molecular formula is C10H15NO3S2. The van der Waals surface area contributed by atoms with Gasteiger partial charge in [-0.1, -0.05) is 0 Å². The van der Waals surface area contributed by atoms with Crippen molar-refractivity contribution in [3.05, 3.63) is 24.3 Å². The molecule has 2 N–H and O–H groups in total. The van der Waals surface area contributed by atoms with E-state index in [2.05, 4.69) is 4.72 Å². The molecule has 1 atom stereocenters. The van der Waals surface area contributed by atoms with Gasteiger partial charge in [-0.2, -0.15) is 11.8 Å². The number of phenolic OH excluding ortho intramolecular Hbond substituents is 1. The van der Waals surface area contributed by atoms with Crippen molar-refractivity contribution in [3.63, 3.8) is 0 Å². The van der Waals surface area contributed by atoms with Crippen LogP contribution in [0.25, 0.3) is 0 Å². The zero-order chi connectivity index (χ0) is 12.2. The molecule has 16 heavy (non-hydrogen) atoms. The average molecular weight is 261 g/mol. The molecule has 0 amide bonds. The number of benzene rings is 1. The van der Waals surface area contributed by atoms with Crippen LogP contribution in [-0.2, 0) is 10.0 Å². The van der Waals surface area contributed by atoms with Crippen molar-refractivity contribution in [3.8, 4) is 5.75 Å². The summed E-state index contributed by atoms with van der Waals surface area (Å²) in [6.45, 7) is 1.81. The highest BCUT2D eigenvalue weighted by atomic mass is 32.2. The summed E-state index contributed by atoms with van der Waals surface area (Å²) in [5, 5.41) is 9.07. The van der Waals surface area contributed by atoms with Gasteiger partial charge < -0.3 is 5.11 Å². The molecule has 0 saturated heterocycles. The zero-order valence-electron chi connectivity index (χ0n) is 9.17. The van der Waals surface area contributed by atoms with Crippen molar-refractivity contribution in [1.29, 1.82) is 0 Å². The summed E-state index contributed by atoms with van der Waals surface area (Å²) in [5.41, 5.74) is 0. The fourth-order valence-electron chi connectivity index (χ4n) is 1.24. The van der Waals surface area contributed by atoms with E-state index in [1.807, 2.05) is 13.2 Å². The minimum absolute atomic E-state index is 0.0520. The standard InChI is InChI=1S/C10H15NO3S2/c1-8(7-15-2)11-16(13,14)10-5-3-9(12)4-6-10/h3-6,8,11-12H,7H2,1-2H3. The predicted octanol–water partition coefficient (Wildman–Crippen LogP) is 1.42. The lowest BCUT2D eigenvalue weighted by Gasteiger charge is -2.12. The second-order valence-corrected chi connectivity index (χ2v) is 6.10. The van der Waals surface area contributed by atoms with Crippen molar-refractivity contribution in [2.45, 2.75) is 17.9 Å². The van der Waals surface area contributed by atoms with Crippen LogP contribution < -0.4 is 4.72 Å². The second-order valence-electron chi connectivity index (χ2n) is 3.47. The fraction of sp³-hybridized carbons (Fsp3) is 0.400. The maximum atomic E-state index is 11.8. The van der Waals surface area contributed by atoms with Crippen molar-refractivity contribution in [1.82, 2.24) is 4.72 Å². The van der Waals surface area contributed by atoms with E-state index in [0.29, 0.717) is 0 Å². The molecule has 0 heterocycles. The summed E-state index contributed by atoms with van der Waals surface area (Å²) < 4.78 is 26.2. The number of nitrogens with one attached hydrogen (secondary N) is 1. The van der Waals surface area contributed by atoms with Gasteiger partial charge in [-0.25, -0.2) is 13.1 Å². The lowest BCUT2D eigenvalue weighted by atomic mass is 10.3. The Balaban J connectivity index is 2.82. The molecule has 1 aromatic carbocycles. The number of thioether (sulfide) groups is 1. The average Bonchev–Trinajstić information content (AvgIpc) is 2.17. The van der Waals surface area contributed by atoms with E-state index in [1.165, 1.54) is 24.3 Å². The summed E-state index contributed by atoms with van der Waals surface area (Å²) in [6, 6.07) is 5.35. The topological polar surface area (TPSA) is 66.4 Å². The third-order valence-corrected chi connectivity index (χ3v) is 4.36. The van der Waals surface area contributed by atoms with E-state index in [1.54, 1.807) is 11.8 Å². The Morgan fingerprint density at radius 2 is 1.94 bits per heavy atom. The van der Waals surface area contributed by atoms with Gasteiger partial charge in [-0.3, -0.25) is 0 Å². The van der Waals surface area contributed by atoms with Crippen LogP contribution in [0, 0.1) is 0 Å². The fourth-order valence-corrected chi connectivity index (χ4v) is 3.17. The number of aromatic hydroxyl groups is 1. The quantitative estimate of drug-likeness (QED) is 0.841. The minimum Gasteiger partial charge on any atom is -0.508 e. The maximum absolute atomic E-state index is 11.8. The highest BCUT2D eigenvalue weighted by molar-refractivity contribution is 7.98. The number of rotatable bonds is 5. The van der Waals surface area contributed by atoms with Crippen molar-refractivity contribution >= 4 is 21.8 Å². The summed E-state index contributed by atoms with van der Waals surface area (Å²) in [7, 11) is -3.47. The van der Waals surface area contributed by atoms with Crippen LogP contribution >= 0.6 is 11.8 Å². The molecule has 1 unspecified atom stereocenters. The molecule has 0 fully saturated rings. The van der Waals surface area contributed by atoms with E-state index >= 15 is 0 Å². The number of hydrogen-bond acceptors (Lipinski definition) is 4. The minimum atomic E-state index is -3.47. The van der Waals surface area contributed by atoms with Gasteiger partial charge in [0.05, 0.1) is 4.90 Å². The first-order valence-electron chi connectivity index (χ1n) is 4.76. The molecule has 0 aliphatic carbocycles. The van der Waals surface area contributed by atoms with Gasteiger partial charge in [0.15, 0.2) is 0 Å². The molecule has 0 spiro atoms. The molecule has 4 nitrogen and oxygen atoms in total. The SMILES string of the molecule is CSCC(C)NS(=O)(=O)c1ccc(O)cc1. The lowest BCUT2D eigenvalue weighted by molar-refractivity contribution is 0.474. The van der Waals surface area contributed by atoms with Gasteiger partial charge in [-0.15, -0.1) is 0 Å². The second kappa shape index (κ2) is 5.56. The first-order chi connectivity index (χ1) is 7.45. The van der Waals surface area contributed by atoms with Crippen LogP contribution in [0.5, 0.6) is 5.75 Å². The summed E-state index contributed by atoms with van der Waals surface area (Å²) in [6.07, 6.45) is 1.92. The molecule has 0 aliphatic rings. The summed E-state index contributed by atoms with van der Waals surface area (Å²) in [5.74, 6) is 0.772. The van der Waals surface area contributed by atoms with Crippen LogP contribution in [0.3, 0.4) is 0 Å². The first kappa shape index (κ1) is 13.3. The van der Waals surface area contributed by atoms with Crippen LogP contribution in [-0.4, -0.2) is 31.6 Å². The normalized spacial score (nSPS) is 13.6. The van der Waals surface area contributed by atoms with Crippen molar-refractivity contribution < 1.29 is 13.5 Å². The van der Waals surface area contributed by atoms with Crippen LogP contribution in [0.15, 0.2) is 29.2 Å². The smallest absolute Gasteiger partial charge is 0.240 e. The van der Waals surface area contributed by atoms with Gasteiger partial charge in [-0.05, 0) is 37.4 Å². The molecule has 0 aliphatic heterocycles. The van der Waals surface area contributed by atoms with Gasteiger partial charge >= 0.3 is 0 Å². The number of sulfonamides is 1. The Kier molecular flexibility index (Phi) is 4.64. The molecule has 1 aromatic rings. The summed E-state index contributed by atoms with van der Waals surface area (Å²) >= 11 is 1.58. The van der Waals surface area contributed by atoms with Gasteiger partial charge in [0.1, 0.15) is 5.75 Å². The largest absolute Gasteiger partial charge is 0.508 e. The molecule has 0 aromatic heterocycles. The molecule has 1 rings (SSSR count). The van der Waals surface area contributed by atoms with Crippen molar-refractivity contribution in [2.75, 3.05) is 12.0 Å². The molecule has 6 heteroatoms. The summed E-state index contributed by atoms with van der Waals surface area (Å²) in [4.78, 5) is 0.165. The molecule has 0 saturated carbocycles. The van der Waals surface area contributed by atoms with Crippen LogP contribution in [0.1, 0.15) is 6.92 Å². The Bertz CT molecular complexity index is 428. The predicted molar refractivity (Wildman–Crippen MR) is 66.3 cm³/mol. The Morgan fingerprint density at radius 1 is 1.38 bits per heavy atom. The van der Waals surface area contributed by atoms with Gasteiger partial charge in [0.25, 0.3) is 0 Å². The van der Waals surface area contributed by atoms with E-state index in [0.717, 1.165) is 5.75 Å². The third-order valence-electron chi connectivity index (χ3n) is 1.92. The van der Waals surface area contributed by atoms with Crippen molar-refractivity contribution in [2.24, 2.45) is 0 Å². The maximum Gasteiger partial charge on any atom is 0.240 e. The van der Waals surface area contributed by atoms with Crippen LogP contribution in [0.4, 0.5) is 0 Å². The number of hydrogen-bond donors (Lipinski definition) is 2. The zero-order valence-corrected chi connectivity index (χ0v) is 10.8. The molecule has 0 radical (unpaired) electrons. The highest BCUT2D eigenvalue weighted by Crippen LogP contribution is 2.14. The highest BCUT2D eigenvalue weighted by Gasteiger charge is 2.16. The first-order valence-corrected chi connectivity index (χ1v) is 7.63. The van der Waals surface area contributed by atoms with E-state index < -0.39 is 10.0 Å². The Morgan fingerprint density at radius 3 is 2.44 bits per heavy atom. The number of phenols is 1.